The minimum absolute atomic E-state index is 0.00577. The SMILES string of the molecule is COc1ccc(N2CCN(CCNC(=O)NC3CCCCC3)CC2)cc1. The molecule has 26 heavy (non-hydrogen) atoms. The summed E-state index contributed by atoms with van der Waals surface area (Å²) < 4.78 is 5.22. The second kappa shape index (κ2) is 9.67. The van der Waals surface area contributed by atoms with E-state index in [2.05, 4.69) is 32.6 Å². The molecule has 2 N–H and O–H groups in total. The summed E-state index contributed by atoms with van der Waals surface area (Å²) in [6.07, 6.45) is 6.04. The van der Waals surface area contributed by atoms with Crippen LogP contribution in [0.1, 0.15) is 32.1 Å². The molecule has 2 fully saturated rings. The van der Waals surface area contributed by atoms with Crippen molar-refractivity contribution in [2.24, 2.45) is 0 Å². The number of nitrogens with one attached hydrogen (secondary N) is 2. The molecule has 0 unspecified atom stereocenters. The Morgan fingerprint density at radius 2 is 1.77 bits per heavy atom. The van der Waals surface area contributed by atoms with Crippen LogP contribution in [0.3, 0.4) is 0 Å². The second-order valence-electron chi connectivity index (χ2n) is 7.26. The maximum absolute atomic E-state index is 12.0. The van der Waals surface area contributed by atoms with Gasteiger partial charge in [-0.3, -0.25) is 4.90 Å². The number of carbonyl (C=O) groups is 1. The lowest BCUT2D eigenvalue weighted by Gasteiger charge is -2.36. The first-order valence-corrected chi connectivity index (χ1v) is 9.90. The first-order chi connectivity index (χ1) is 12.7. The molecule has 0 spiro atoms. The van der Waals surface area contributed by atoms with Crippen molar-refractivity contribution in [3.63, 3.8) is 0 Å². The molecule has 1 heterocycles. The average Bonchev–Trinajstić information content (AvgIpc) is 2.69. The van der Waals surface area contributed by atoms with Crippen LogP contribution in [0.4, 0.5) is 10.5 Å². The largest absolute Gasteiger partial charge is 0.497 e. The van der Waals surface area contributed by atoms with Crippen molar-refractivity contribution >= 4 is 11.7 Å². The van der Waals surface area contributed by atoms with Crippen molar-refractivity contribution in [1.29, 1.82) is 0 Å². The van der Waals surface area contributed by atoms with Gasteiger partial charge in [0.05, 0.1) is 7.11 Å². The molecule has 1 aromatic rings. The number of carbonyl (C=O) groups excluding carboxylic acids is 1. The summed E-state index contributed by atoms with van der Waals surface area (Å²) in [5.41, 5.74) is 1.25. The van der Waals surface area contributed by atoms with E-state index < -0.39 is 0 Å². The molecule has 0 aromatic heterocycles. The van der Waals surface area contributed by atoms with E-state index in [1.54, 1.807) is 7.11 Å². The van der Waals surface area contributed by atoms with Gasteiger partial charge in [0.25, 0.3) is 0 Å². The van der Waals surface area contributed by atoms with Crippen LogP contribution < -0.4 is 20.3 Å². The van der Waals surface area contributed by atoms with Crippen molar-refractivity contribution in [2.45, 2.75) is 38.1 Å². The minimum atomic E-state index is -0.00577. The quantitative estimate of drug-likeness (QED) is 0.818. The summed E-state index contributed by atoms with van der Waals surface area (Å²) in [7, 11) is 1.69. The molecule has 1 saturated carbocycles. The highest BCUT2D eigenvalue weighted by Gasteiger charge is 2.18. The molecule has 144 valence electrons. The lowest BCUT2D eigenvalue weighted by molar-refractivity contribution is 0.225. The normalized spacial score (nSPS) is 19.2. The predicted octanol–water partition coefficient (Wildman–Crippen LogP) is 2.45. The van der Waals surface area contributed by atoms with Gasteiger partial charge in [-0.25, -0.2) is 4.79 Å². The van der Waals surface area contributed by atoms with Gasteiger partial charge in [-0.1, -0.05) is 19.3 Å². The molecule has 1 aliphatic heterocycles. The third-order valence-electron chi connectivity index (χ3n) is 5.46. The highest BCUT2D eigenvalue weighted by Crippen LogP contribution is 2.20. The molecule has 6 nitrogen and oxygen atoms in total. The van der Waals surface area contributed by atoms with Gasteiger partial charge in [-0.05, 0) is 37.1 Å². The maximum Gasteiger partial charge on any atom is 0.315 e. The van der Waals surface area contributed by atoms with Crippen LogP contribution in [-0.2, 0) is 0 Å². The second-order valence-corrected chi connectivity index (χ2v) is 7.26. The summed E-state index contributed by atoms with van der Waals surface area (Å²) in [6, 6.07) is 8.62. The Hall–Kier alpha value is -1.95. The summed E-state index contributed by atoms with van der Waals surface area (Å²) in [5.74, 6) is 0.893. The summed E-state index contributed by atoms with van der Waals surface area (Å²) in [6.45, 7) is 5.70. The summed E-state index contributed by atoms with van der Waals surface area (Å²) in [5, 5.41) is 6.12. The Morgan fingerprint density at radius 1 is 1.08 bits per heavy atom. The van der Waals surface area contributed by atoms with E-state index in [9.17, 15) is 4.79 Å². The van der Waals surface area contributed by atoms with Crippen LogP contribution in [0.5, 0.6) is 5.75 Å². The van der Waals surface area contributed by atoms with Crippen LogP contribution in [0.15, 0.2) is 24.3 Å². The molecule has 1 aromatic carbocycles. The number of hydrogen-bond acceptors (Lipinski definition) is 4. The fraction of sp³-hybridized carbons (Fsp3) is 0.650. The highest BCUT2D eigenvalue weighted by atomic mass is 16.5. The lowest BCUT2D eigenvalue weighted by atomic mass is 9.96. The maximum atomic E-state index is 12.0. The first-order valence-electron chi connectivity index (χ1n) is 9.90. The van der Waals surface area contributed by atoms with Crippen LogP contribution in [0.2, 0.25) is 0 Å². The van der Waals surface area contributed by atoms with Crippen molar-refractivity contribution in [3.8, 4) is 5.75 Å². The van der Waals surface area contributed by atoms with Crippen molar-refractivity contribution < 1.29 is 9.53 Å². The Labute approximate surface area is 156 Å². The molecular formula is C20H32N4O2. The van der Waals surface area contributed by atoms with Gasteiger partial charge in [-0.2, -0.15) is 0 Å². The molecule has 2 amide bonds. The minimum Gasteiger partial charge on any atom is -0.497 e. The number of ether oxygens (including phenoxy) is 1. The van der Waals surface area contributed by atoms with Gasteiger partial charge < -0.3 is 20.3 Å². The number of rotatable bonds is 6. The number of hydrogen-bond donors (Lipinski definition) is 2. The highest BCUT2D eigenvalue weighted by molar-refractivity contribution is 5.74. The van der Waals surface area contributed by atoms with Gasteiger partial charge >= 0.3 is 6.03 Å². The number of nitrogens with zero attached hydrogens (tertiary/aromatic N) is 2. The topological polar surface area (TPSA) is 56.8 Å². The van der Waals surface area contributed by atoms with E-state index in [4.69, 9.17) is 4.74 Å². The molecule has 0 atom stereocenters. The summed E-state index contributed by atoms with van der Waals surface area (Å²) in [4.78, 5) is 16.8. The third kappa shape index (κ3) is 5.53. The van der Waals surface area contributed by atoms with Crippen LogP contribution >= 0.6 is 0 Å². The third-order valence-corrected chi connectivity index (χ3v) is 5.46. The number of methoxy groups -OCH3 is 1. The van der Waals surface area contributed by atoms with E-state index in [1.165, 1.54) is 24.9 Å². The Kier molecular flexibility index (Phi) is 7.00. The first kappa shape index (κ1) is 18.8. The Morgan fingerprint density at radius 3 is 2.42 bits per heavy atom. The number of benzene rings is 1. The number of anilines is 1. The van der Waals surface area contributed by atoms with Gasteiger partial charge in [-0.15, -0.1) is 0 Å². The molecule has 0 bridgehead atoms. The molecule has 1 saturated heterocycles. The Balaban J connectivity index is 1.31. The van der Waals surface area contributed by atoms with Crippen molar-refractivity contribution in [1.82, 2.24) is 15.5 Å². The zero-order valence-electron chi connectivity index (χ0n) is 15.9. The number of urea groups is 1. The van der Waals surface area contributed by atoms with Gasteiger partial charge in [0.15, 0.2) is 0 Å². The van der Waals surface area contributed by atoms with E-state index >= 15 is 0 Å². The molecule has 6 heteroatoms. The number of piperazine rings is 1. The van der Waals surface area contributed by atoms with Gasteiger partial charge in [0, 0.05) is 51.0 Å². The van der Waals surface area contributed by atoms with Gasteiger partial charge in [0.1, 0.15) is 5.75 Å². The Bertz CT molecular complexity index is 549. The molecule has 3 rings (SSSR count). The fourth-order valence-corrected chi connectivity index (χ4v) is 3.83. The van der Waals surface area contributed by atoms with Gasteiger partial charge in [0.2, 0.25) is 0 Å². The zero-order valence-corrected chi connectivity index (χ0v) is 15.9. The van der Waals surface area contributed by atoms with Crippen LogP contribution in [0, 0.1) is 0 Å². The monoisotopic (exact) mass is 360 g/mol. The number of amides is 2. The van der Waals surface area contributed by atoms with E-state index in [1.807, 2.05) is 12.1 Å². The molecular weight excluding hydrogens is 328 g/mol. The summed E-state index contributed by atoms with van der Waals surface area (Å²) >= 11 is 0. The van der Waals surface area contributed by atoms with Crippen molar-refractivity contribution in [2.75, 3.05) is 51.3 Å². The zero-order chi connectivity index (χ0) is 18.2. The molecule has 0 radical (unpaired) electrons. The van der Waals surface area contributed by atoms with Crippen molar-refractivity contribution in [3.05, 3.63) is 24.3 Å². The molecule has 2 aliphatic rings. The average molecular weight is 361 g/mol. The van der Waals surface area contributed by atoms with E-state index in [-0.39, 0.29) is 6.03 Å². The predicted molar refractivity (Wildman–Crippen MR) is 105 cm³/mol. The fourth-order valence-electron chi connectivity index (χ4n) is 3.83. The van der Waals surface area contributed by atoms with E-state index in [0.29, 0.717) is 12.6 Å². The molecule has 1 aliphatic carbocycles. The van der Waals surface area contributed by atoms with E-state index in [0.717, 1.165) is 51.3 Å². The van der Waals surface area contributed by atoms with Crippen LogP contribution in [0.25, 0.3) is 0 Å². The smallest absolute Gasteiger partial charge is 0.315 e. The standard InChI is InChI=1S/C20H32N4O2/c1-26-19-9-7-18(8-10-19)24-15-13-23(14-16-24)12-11-21-20(25)22-17-5-3-2-4-6-17/h7-10,17H,2-6,11-16H2,1H3,(H2,21,22,25). The van der Waals surface area contributed by atoms with Crippen LogP contribution in [-0.4, -0.2) is 63.4 Å². The lowest BCUT2D eigenvalue weighted by Crippen LogP contribution is -2.50.